The average molecular weight is 700 g/mol. The first-order valence-corrected chi connectivity index (χ1v) is 21.5. The highest BCUT2D eigenvalue weighted by atomic mass is 16.7. The van der Waals surface area contributed by atoms with Gasteiger partial charge in [-0.2, -0.15) is 0 Å². The lowest BCUT2D eigenvalue weighted by Crippen LogP contribution is -2.57. The van der Waals surface area contributed by atoms with Crippen molar-refractivity contribution in [2.24, 2.45) is 46.3 Å². The van der Waals surface area contributed by atoms with Crippen LogP contribution in [-0.2, 0) is 14.3 Å². The third-order valence-corrected chi connectivity index (χ3v) is 14.7. The van der Waals surface area contributed by atoms with Crippen LogP contribution in [0.15, 0.2) is 12.2 Å². The number of alkyl carbamates (subject to hydrolysis) is 1. The van der Waals surface area contributed by atoms with Crippen LogP contribution in [0.3, 0.4) is 0 Å². The summed E-state index contributed by atoms with van der Waals surface area (Å²) in [5, 5.41) is 14.4. The molecule has 0 radical (unpaired) electrons. The van der Waals surface area contributed by atoms with Crippen molar-refractivity contribution in [2.45, 2.75) is 194 Å². The quantitative estimate of drug-likeness (QED) is 0.0539. The Morgan fingerprint density at radius 2 is 1.44 bits per heavy atom. The van der Waals surface area contributed by atoms with Crippen molar-refractivity contribution >= 4 is 12.1 Å². The number of nitrogens with one attached hydrogen (secondary N) is 1. The predicted molar refractivity (Wildman–Crippen MR) is 205 cm³/mol. The number of ether oxygens (including phenoxy) is 2. The summed E-state index contributed by atoms with van der Waals surface area (Å²) in [5.41, 5.74) is 0.565. The molecule has 6 heteroatoms. The molecule has 4 aliphatic carbocycles. The number of unbranched alkanes of at least 4 members (excludes halogenated alkanes) is 12. The monoisotopic (exact) mass is 700 g/mol. The molecule has 0 saturated heterocycles. The summed E-state index contributed by atoms with van der Waals surface area (Å²) in [6.07, 6.45) is 33.1. The fourth-order valence-corrected chi connectivity index (χ4v) is 11.7. The van der Waals surface area contributed by atoms with E-state index >= 15 is 0 Å². The maximum atomic E-state index is 12.8. The number of esters is 1. The maximum Gasteiger partial charge on any atom is 0.409 e. The number of carbonyl (C=O) groups excluding carboxylic acids is 2. The number of allylic oxidation sites excluding steroid dienone is 2. The van der Waals surface area contributed by atoms with Crippen molar-refractivity contribution in [1.29, 1.82) is 0 Å². The molecule has 0 aliphatic heterocycles. The van der Waals surface area contributed by atoms with E-state index in [0.717, 1.165) is 43.9 Å². The topological polar surface area (TPSA) is 84.9 Å². The molecule has 4 fully saturated rings. The molecule has 0 aromatic heterocycles. The number of aliphatic hydroxyl groups is 1. The van der Waals surface area contributed by atoms with E-state index < -0.39 is 11.9 Å². The van der Waals surface area contributed by atoms with Gasteiger partial charge in [0, 0.05) is 25.8 Å². The second kappa shape index (κ2) is 20.0. The molecule has 0 bridgehead atoms. The number of hydrogen-bond acceptors (Lipinski definition) is 5. The second-order valence-electron chi connectivity index (χ2n) is 17.9. The highest BCUT2D eigenvalue weighted by molar-refractivity contribution is 5.69. The average Bonchev–Trinajstić information content (AvgIpc) is 3.46. The van der Waals surface area contributed by atoms with Crippen LogP contribution in [0.5, 0.6) is 0 Å². The normalized spacial score (nSPS) is 34.1. The van der Waals surface area contributed by atoms with Crippen LogP contribution in [0.2, 0.25) is 0 Å². The first kappa shape index (κ1) is 41.2. The van der Waals surface area contributed by atoms with Gasteiger partial charge in [-0.15, -0.1) is 0 Å². The highest BCUT2D eigenvalue weighted by Gasteiger charge is 2.62. The van der Waals surface area contributed by atoms with Gasteiger partial charge >= 0.3 is 12.1 Å². The van der Waals surface area contributed by atoms with Gasteiger partial charge in [0.25, 0.3) is 0 Å². The first-order valence-electron chi connectivity index (χ1n) is 21.5. The van der Waals surface area contributed by atoms with Gasteiger partial charge in [0.05, 0.1) is 7.11 Å². The molecule has 4 saturated carbocycles. The minimum Gasteiger partial charge on any atom is -0.469 e. The van der Waals surface area contributed by atoms with E-state index in [1.165, 1.54) is 116 Å². The third-order valence-electron chi connectivity index (χ3n) is 14.7. The number of rotatable bonds is 21. The molecule has 1 amide bonds. The summed E-state index contributed by atoms with van der Waals surface area (Å²) in [6, 6.07) is 0. The molecule has 9 atom stereocenters. The lowest BCUT2D eigenvalue weighted by atomic mass is 9.44. The fraction of sp³-hybridized carbons (Fsp3) is 0.909. The number of carbonyl (C=O) groups is 2. The molecule has 288 valence electrons. The number of fused-ring (bicyclic) bond motifs is 5. The second-order valence-corrected chi connectivity index (χ2v) is 17.9. The lowest BCUT2D eigenvalue weighted by Gasteiger charge is -2.62. The largest absolute Gasteiger partial charge is 0.469 e. The van der Waals surface area contributed by atoms with Gasteiger partial charge in [0.2, 0.25) is 5.79 Å². The Morgan fingerprint density at radius 1 is 0.800 bits per heavy atom. The Kier molecular flexibility index (Phi) is 16.5. The van der Waals surface area contributed by atoms with Crippen LogP contribution in [0, 0.1) is 46.3 Å². The fourth-order valence-electron chi connectivity index (χ4n) is 11.7. The molecule has 4 rings (SSSR count). The van der Waals surface area contributed by atoms with E-state index in [0.29, 0.717) is 54.9 Å². The lowest BCUT2D eigenvalue weighted by molar-refractivity contribution is -0.232. The van der Waals surface area contributed by atoms with Crippen LogP contribution in [0.25, 0.3) is 0 Å². The molecular weight excluding hydrogens is 622 g/mol. The van der Waals surface area contributed by atoms with Crippen molar-refractivity contribution in [2.75, 3.05) is 13.7 Å². The van der Waals surface area contributed by atoms with E-state index in [9.17, 15) is 14.7 Å². The van der Waals surface area contributed by atoms with E-state index in [1.54, 1.807) is 0 Å². The summed E-state index contributed by atoms with van der Waals surface area (Å²) < 4.78 is 10.7. The van der Waals surface area contributed by atoms with Crippen LogP contribution < -0.4 is 5.32 Å². The Bertz CT molecular complexity index is 1060. The van der Waals surface area contributed by atoms with Crippen LogP contribution >= 0.6 is 0 Å². The minimum absolute atomic E-state index is 0.0843. The molecule has 0 aromatic carbocycles. The molecule has 2 N–H and O–H groups in total. The summed E-state index contributed by atoms with van der Waals surface area (Å²) in [6.45, 7) is 10.3. The van der Waals surface area contributed by atoms with E-state index in [2.05, 4.69) is 45.2 Å². The van der Waals surface area contributed by atoms with Crippen LogP contribution in [-0.4, -0.2) is 36.6 Å². The highest BCUT2D eigenvalue weighted by Crippen LogP contribution is 2.69. The Hall–Kier alpha value is -1.56. The maximum absolute atomic E-state index is 12.8. The van der Waals surface area contributed by atoms with Gasteiger partial charge in [0.15, 0.2) is 0 Å². The smallest absolute Gasteiger partial charge is 0.409 e. The predicted octanol–water partition coefficient (Wildman–Crippen LogP) is 11.7. The summed E-state index contributed by atoms with van der Waals surface area (Å²) in [5.74, 6) is 2.39. The number of hydrogen-bond donors (Lipinski definition) is 2. The van der Waals surface area contributed by atoms with Gasteiger partial charge < -0.3 is 19.9 Å². The molecule has 0 heterocycles. The summed E-state index contributed by atoms with van der Waals surface area (Å²) in [4.78, 5) is 24.6. The van der Waals surface area contributed by atoms with Crippen molar-refractivity contribution in [3.05, 3.63) is 12.2 Å². The molecule has 50 heavy (non-hydrogen) atoms. The minimum atomic E-state index is -1.35. The Labute approximate surface area is 307 Å². The SMILES string of the molecule is CCCCCCCCC=CCCCCCCCCNC(=O)O[C@@]1(O)CC[C@@]2(C)C(CC[C@H]3[C@@H]4CC[C@H]([C@H](C)CCC(=O)OC)[C@@]4(C)CC[C@@H]32)C1. The van der Waals surface area contributed by atoms with Crippen molar-refractivity contribution in [3.8, 4) is 0 Å². The summed E-state index contributed by atoms with van der Waals surface area (Å²) in [7, 11) is 1.49. The van der Waals surface area contributed by atoms with Gasteiger partial charge in [-0.1, -0.05) is 97.6 Å². The van der Waals surface area contributed by atoms with E-state index in [-0.39, 0.29) is 11.4 Å². The Balaban J connectivity index is 1.10. The standard InChI is InChI=1S/C44H77NO5/c1-6-7-8-9-10-11-12-13-14-15-16-17-18-19-20-21-32-45-41(47)50-44(48)31-30-42(3)35(33-44)23-24-36-38-26-25-37(34(2)22-27-40(46)49-5)43(38,4)29-28-39(36)42/h13-14,34-39,48H,6-12,15-33H2,1-5H3,(H,45,47)/t34-,35?,36+,37-,38+,39+,42+,43-,44+/m1/s1. The van der Waals surface area contributed by atoms with E-state index in [4.69, 9.17) is 9.47 Å². The molecule has 0 aromatic rings. The van der Waals surface area contributed by atoms with Crippen molar-refractivity contribution < 1.29 is 24.2 Å². The molecule has 4 aliphatic rings. The van der Waals surface area contributed by atoms with Crippen molar-refractivity contribution in [1.82, 2.24) is 5.32 Å². The zero-order chi connectivity index (χ0) is 36.0. The van der Waals surface area contributed by atoms with Crippen LogP contribution in [0.1, 0.15) is 188 Å². The molecular formula is C44H77NO5. The Morgan fingerprint density at radius 3 is 2.12 bits per heavy atom. The summed E-state index contributed by atoms with van der Waals surface area (Å²) >= 11 is 0. The molecule has 1 unspecified atom stereocenters. The zero-order valence-electron chi connectivity index (χ0n) is 33.1. The molecule has 6 nitrogen and oxygen atoms in total. The molecule has 0 spiro atoms. The number of amides is 1. The van der Waals surface area contributed by atoms with Gasteiger partial charge in [-0.3, -0.25) is 4.79 Å². The zero-order valence-corrected chi connectivity index (χ0v) is 33.1. The van der Waals surface area contributed by atoms with Crippen LogP contribution in [0.4, 0.5) is 4.79 Å². The van der Waals surface area contributed by atoms with E-state index in [1.807, 2.05) is 0 Å². The van der Waals surface area contributed by atoms with Gasteiger partial charge in [0.1, 0.15) is 0 Å². The first-order chi connectivity index (χ1) is 24.1. The van der Waals surface area contributed by atoms with Gasteiger partial charge in [-0.05, 0) is 130 Å². The third kappa shape index (κ3) is 11.0. The number of methoxy groups -OCH3 is 1. The van der Waals surface area contributed by atoms with Crippen molar-refractivity contribution in [3.63, 3.8) is 0 Å². The van der Waals surface area contributed by atoms with Gasteiger partial charge in [-0.25, -0.2) is 4.79 Å².